The minimum atomic E-state index is -0.169. The first-order chi connectivity index (χ1) is 12.4. The molecule has 0 bridgehead atoms. The average Bonchev–Trinajstić information content (AvgIpc) is 2.62. The molecule has 2 aromatic rings. The van der Waals surface area contributed by atoms with Crippen LogP contribution in [-0.2, 0) is 4.79 Å². The van der Waals surface area contributed by atoms with Crippen LogP contribution in [0.5, 0.6) is 0 Å². The van der Waals surface area contributed by atoms with E-state index in [-0.39, 0.29) is 17.9 Å². The zero-order valence-electron chi connectivity index (χ0n) is 15.8. The van der Waals surface area contributed by atoms with Crippen LogP contribution in [0, 0.1) is 13.8 Å². The summed E-state index contributed by atoms with van der Waals surface area (Å²) < 4.78 is 0. The van der Waals surface area contributed by atoms with E-state index in [4.69, 9.17) is 0 Å². The van der Waals surface area contributed by atoms with Crippen LogP contribution in [0.3, 0.4) is 0 Å². The molecule has 26 heavy (non-hydrogen) atoms. The van der Waals surface area contributed by atoms with Crippen LogP contribution in [0.1, 0.15) is 41.8 Å². The lowest BCUT2D eigenvalue weighted by atomic mass is 10.1. The maximum atomic E-state index is 12.4. The van der Waals surface area contributed by atoms with Crippen molar-refractivity contribution < 1.29 is 9.59 Å². The Labute approximate surface area is 159 Å². The Morgan fingerprint density at radius 1 is 1.12 bits per heavy atom. The van der Waals surface area contributed by atoms with E-state index in [9.17, 15) is 9.59 Å². The number of benzene rings is 2. The first-order valence-electron chi connectivity index (χ1n) is 8.80. The number of thioether (sulfide) groups is 1. The van der Waals surface area contributed by atoms with Gasteiger partial charge in [-0.1, -0.05) is 36.8 Å². The van der Waals surface area contributed by atoms with Crippen molar-refractivity contribution in [2.45, 2.75) is 45.1 Å². The SMILES string of the molecule is CCC(C)NC(=O)c1ccccc1NC(=O)CSc1cc(C)ccc1C. The number of hydrogen-bond donors (Lipinski definition) is 2. The van der Waals surface area contributed by atoms with Gasteiger partial charge in [0.25, 0.3) is 5.91 Å². The Bertz CT molecular complexity index is 789. The second kappa shape index (κ2) is 9.43. The largest absolute Gasteiger partial charge is 0.350 e. The molecule has 0 radical (unpaired) electrons. The first-order valence-corrected chi connectivity index (χ1v) is 9.79. The number of amides is 2. The topological polar surface area (TPSA) is 58.2 Å². The van der Waals surface area contributed by atoms with E-state index >= 15 is 0 Å². The summed E-state index contributed by atoms with van der Waals surface area (Å²) in [5, 5.41) is 5.80. The van der Waals surface area contributed by atoms with Crippen LogP contribution in [0.2, 0.25) is 0 Å². The lowest BCUT2D eigenvalue weighted by molar-refractivity contribution is -0.113. The standard InChI is InChI=1S/C21H26N2O2S/c1-5-16(4)22-21(25)17-8-6-7-9-18(17)23-20(24)13-26-19-12-14(2)10-11-15(19)3/h6-12,16H,5,13H2,1-4H3,(H,22,25)(H,23,24). The number of nitrogens with one attached hydrogen (secondary N) is 2. The Balaban J connectivity index is 2.03. The molecule has 4 nitrogen and oxygen atoms in total. The minimum Gasteiger partial charge on any atom is -0.350 e. The van der Waals surface area contributed by atoms with Gasteiger partial charge < -0.3 is 10.6 Å². The fourth-order valence-corrected chi connectivity index (χ4v) is 3.31. The average molecular weight is 371 g/mol. The Kier molecular flexibility index (Phi) is 7.27. The van der Waals surface area contributed by atoms with Crippen molar-refractivity contribution in [2.24, 2.45) is 0 Å². The van der Waals surface area contributed by atoms with E-state index in [1.54, 1.807) is 18.2 Å². The molecule has 5 heteroatoms. The van der Waals surface area contributed by atoms with Crippen molar-refractivity contribution in [3.8, 4) is 0 Å². The van der Waals surface area contributed by atoms with Crippen molar-refractivity contribution in [2.75, 3.05) is 11.1 Å². The van der Waals surface area contributed by atoms with Gasteiger partial charge in [0.15, 0.2) is 0 Å². The number of hydrogen-bond acceptors (Lipinski definition) is 3. The molecule has 0 aliphatic heterocycles. The first kappa shape index (κ1) is 20.0. The molecular formula is C21H26N2O2S. The summed E-state index contributed by atoms with van der Waals surface area (Å²) in [6, 6.07) is 13.4. The van der Waals surface area contributed by atoms with Crippen molar-refractivity contribution in [1.82, 2.24) is 5.32 Å². The van der Waals surface area contributed by atoms with Gasteiger partial charge in [-0.25, -0.2) is 0 Å². The van der Waals surface area contributed by atoms with Gasteiger partial charge in [-0.3, -0.25) is 9.59 Å². The van der Waals surface area contributed by atoms with Crippen LogP contribution < -0.4 is 10.6 Å². The summed E-state index contributed by atoms with van der Waals surface area (Å²) in [5.41, 5.74) is 3.35. The summed E-state index contributed by atoms with van der Waals surface area (Å²) in [5.74, 6) is 0.00291. The maximum Gasteiger partial charge on any atom is 0.253 e. The summed E-state index contributed by atoms with van der Waals surface area (Å²) >= 11 is 1.50. The van der Waals surface area contributed by atoms with E-state index in [0.717, 1.165) is 16.9 Å². The Morgan fingerprint density at radius 2 is 1.85 bits per heavy atom. The molecule has 0 saturated carbocycles. The van der Waals surface area contributed by atoms with Crippen molar-refractivity contribution >= 4 is 29.3 Å². The zero-order valence-corrected chi connectivity index (χ0v) is 16.6. The van der Waals surface area contributed by atoms with Crippen LogP contribution in [-0.4, -0.2) is 23.6 Å². The van der Waals surface area contributed by atoms with Crippen LogP contribution in [0.4, 0.5) is 5.69 Å². The maximum absolute atomic E-state index is 12.4. The lowest BCUT2D eigenvalue weighted by Crippen LogP contribution is -2.32. The minimum absolute atomic E-state index is 0.0890. The molecule has 0 aliphatic carbocycles. The normalized spacial score (nSPS) is 11.7. The van der Waals surface area contributed by atoms with Gasteiger partial charge in [-0.15, -0.1) is 11.8 Å². The molecule has 0 aromatic heterocycles. The smallest absolute Gasteiger partial charge is 0.253 e. The molecular weight excluding hydrogens is 344 g/mol. The molecule has 2 N–H and O–H groups in total. The predicted octanol–water partition coefficient (Wildman–Crippen LogP) is 4.56. The molecule has 2 rings (SSSR count). The quantitative estimate of drug-likeness (QED) is 0.702. The summed E-state index contributed by atoms with van der Waals surface area (Å²) in [7, 11) is 0. The van der Waals surface area contributed by atoms with Crippen LogP contribution in [0.15, 0.2) is 47.4 Å². The fourth-order valence-electron chi connectivity index (χ4n) is 2.39. The number of para-hydroxylation sites is 1. The highest BCUT2D eigenvalue weighted by Crippen LogP contribution is 2.24. The number of carbonyl (C=O) groups is 2. The van der Waals surface area contributed by atoms with Crippen LogP contribution >= 0.6 is 11.8 Å². The number of rotatable bonds is 7. The van der Waals surface area contributed by atoms with Crippen LogP contribution in [0.25, 0.3) is 0 Å². The Morgan fingerprint density at radius 3 is 2.58 bits per heavy atom. The lowest BCUT2D eigenvalue weighted by Gasteiger charge is -2.14. The molecule has 0 spiro atoms. The molecule has 2 aromatic carbocycles. The van der Waals surface area contributed by atoms with Gasteiger partial charge in [0.2, 0.25) is 5.91 Å². The van der Waals surface area contributed by atoms with Gasteiger partial charge in [0.05, 0.1) is 17.0 Å². The molecule has 0 saturated heterocycles. The molecule has 0 fully saturated rings. The highest BCUT2D eigenvalue weighted by Gasteiger charge is 2.15. The van der Waals surface area contributed by atoms with E-state index in [1.807, 2.05) is 33.8 Å². The third kappa shape index (κ3) is 5.63. The molecule has 1 atom stereocenters. The monoisotopic (exact) mass is 370 g/mol. The molecule has 0 aliphatic rings. The second-order valence-corrected chi connectivity index (χ2v) is 7.45. The highest BCUT2D eigenvalue weighted by molar-refractivity contribution is 8.00. The third-order valence-corrected chi connectivity index (χ3v) is 5.30. The third-order valence-electron chi connectivity index (χ3n) is 4.14. The molecule has 2 amide bonds. The number of anilines is 1. The summed E-state index contributed by atoms with van der Waals surface area (Å²) in [6.07, 6.45) is 0.854. The predicted molar refractivity (Wildman–Crippen MR) is 109 cm³/mol. The van der Waals surface area contributed by atoms with E-state index in [1.165, 1.54) is 17.3 Å². The van der Waals surface area contributed by atoms with Gasteiger partial charge in [0.1, 0.15) is 0 Å². The van der Waals surface area contributed by atoms with Gasteiger partial charge in [-0.05, 0) is 51.0 Å². The van der Waals surface area contributed by atoms with Crippen molar-refractivity contribution in [1.29, 1.82) is 0 Å². The number of aryl methyl sites for hydroxylation is 2. The fraction of sp³-hybridized carbons (Fsp3) is 0.333. The summed E-state index contributed by atoms with van der Waals surface area (Å²) in [6.45, 7) is 8.05. The van der Waals surface area contributed by atoms with Gasteiger partial charge >= 0.3 is 0 Å². The highest BCUT2D eigenvalue weighted by atomic mass is 32.2. The van der Waals surface area contributed by atoms with Crippen molar-refractivity contribution in [3.05, 3.63) is 59.2 Å². The van der Waals surface area contributed by atoms with Crippen molar-refractivity contribution in [3.63, 3.8) is 0 Å². The second-order valence-electron chi connectivity index (χ2n) is 6.43. The molecule has 0 heterocycles. The molecule has 1 unspecified atom stereocenters. The number of carbonyl (C=O) groups excluding carboxylic acids is 2. The van der Waals surface area contributed by atoms with E-state index in [2.05, 4.69) is 28.8 Å². The summed E-state index contributed by atoms with van der Waals surface area (Å²) in [4.78, 5) is 25.9. The Hall–Kier alpha value is -2.27. The molecule has 138 valence electrons. The van der Waals surface area contributed by atoms with E-state index in [0.29, 0.717) is 17.0 Å². The zero-order chi connectivity index (χ0) is 19.1. The van der Waals surface area contributed by atoms with E-state index < -0.39 is 0 Å². The van der Waals surface area contributed by atoms with Gasteiger partial charge in [0, 0.05) is 10.9 Å². The van der Waals surface area contributed by atoms with Gasteiger partial charge in [-0.2, -0.15) is 0 Å².